The summed E-state index contributed by atoms with van der Waals surface area (Å²) >= 11 is 6.33. The minimum Gasteiger partial charge on any atom is -0.508 e. The zero-order valence-corrected chi connectivity index (χ0v) is 16.0. The number of phenols is 1. The Bertz CT molecular complexity index is 939. The molecule has 2 heterocycles. The molecule has 1 aliphatic rings. The van der Waals surface area contributed by atoms with Gasteiger partial charge >= 0.3 is 0 Å². The van der Waals surface area contributed by atoms with E-state index < -0.39 is 11.8 Å². The molecule has 28 heavy (non-hydrogen) atoms. The van der Waals surface area contributed by atoms with Gasteiger partial charge in [-0.2, -0.15) is 0 Å². The number of amides is 3. The SMILES string of the molecule is O=C(CCN1C(=O)C(=Cc2ccco2)SC1=S)NNC(=O)c1ccc(O)cc1. The summed E-state index contributed by atoms with van der Waals surface area (Å²) in [5.74, 6) is -0.732. The average Bonchev–Trinajstić information content (AvgIpc) is 3.27. The lowest BCUT2D eigenvalue weighted by Crippen LogP contribution is -2.43. The lowest BCUT2D eigenvalue weighted by Gasteiger charge is -2.14. The van der Waals surface area contributed by atoms with Crippen molar-refractivity contribution in [2.75, 3.05) is 6.54 Å². The highest BCUT2D eigenvalue weighted by atomic mass is 32.2. The van der Waals surface area contributed by atoms with Crippen LogP contribution < -0.4 is 10.9 Å². The number of hydrogen-bond donors (Lipinski definition) is 3. The van der Waals surface area contributed by atoms with Crippen LogP contribution in [-0.2, 0) is 9.59 Å². The third-order valence-corrected chi connectivity index (χ3v) is 5.08. The van der Waals surface area contributed by atoms with Crippen molar-refractivity contribution in [3.8, 4) is 5.75 Å². The van der Waals surface area contributed by atoms with Gasteiger partial charge < -0.3 is 9.52 Å². The maximum atomic E-state index is 12.4. The van der Waals surface area contributed by atoms with Gasteiger partial charge in [-0.05, 0) is 36.4 Å². The molecule has 2 aromatic rings. The van der Waals surface area contributed by atoms with E-state index in [1.54, 1.807) is 18.2 Å². The second kappa shape index (κ2) is 8.72. The van der Waals surface area contributed by atoms with Crippen LogP contribution in [0.4, 0.5) is 0 Å². The largest absolute Gasteiger partial charge is 0.508 e. The minimum atomic E-state index is -0.527. The summed E-state index contributed by atoms with van der Waals surface area (Å²) < 4.78 is 5.54. The van der Waals surface area contributed by atoms with Gasteiger partial charge in [-0.1, -0.05) is 24.0 Å². The molecule has 1 aromatic heterocycles. The van der Waals surface area contributed by atoms with Crippen molar-refractivity contribution in [3.63, 3.8) is 0 Å². The first-order valence-electron chi connectivity index (χ1n) is 8.11. The maximum absolute atomic E-state index is 12.4. The van der Waals surface area contributed by atoms with E-state index in [9.17, 15) is 19.5 Å². The molecule has 3 rings (SSSR count). The molecule has 1 fully saturated rings. The highest BCUT2D eigenvalue weighted by Crippen LogP contribution is 2.32. The normalized spacial score (nSPS) is 15.1. The molecule has 3 amide bonds. The van der Waals surface area contributed by atoms with Gasteiger partial charge in [0.2, 0.25) is 5.91 Å². The number of nitrogens with zero attached hydrogens (tertiary/aromatic N) is 1. The number of furan rings is 1. The van der Waals surface area contributed by atoms with E-state index in [0.29, 0.717) is 15.0 Å². The van der Waals surface area contributed by atoms with Gasteiger partial charge in [0.15, 0.2) is 0 Å². The Labute approximate surface area is 169 Å². The van der Waals surface area contributed by atoms with E-state index in [0.717, 1.165) is 11.8 Å². The minimum absolute atomic E-state index is 0.0326. The Morgan fingerprint density at radius 1 is 1.21 bits per heavy atom. The highest BCUT2D eigenvalue weighted by Gasteiger charge is 2.32. The first-order valence-corrected chi connectivity index (χ1v) is 9.33. The van der Waals surface area contributed by atoms with Crippen LogP contribution in [0.1, 0.15) is 22.5 Å². The summed E-state index contributed by atoms with van der Waals surface area (Å²) in [6.07, 6.45) is 3.05. The molecule has 1 aliphatic heterocycles. The molecule has 0 radical (unpaired) electrons. The molecule has 0 saturated carbocycles. The second-order valence-electron chi connectivity index (χ2n) is 5.65. The summed E-state index contributed by atoms with van der Waals surface area (Å²) in [4.78, 5) is 38.0. The summed E-state index contributed by atoms with van der Waals surface area (Å²) in [6, 6.07) is 9.00. The van der Waals surface area contributed by atoms with Crippen molar-refractivity contribution < 1.29 is 23.9 Å². The lowest BCUT2D eigenvalue weighted by molar-refractivity contribution is -0.124. The second-order valence-corrected chi connectivity index (χ2v) is 7.32. The van der Waals surface area contributed by atoms with E-state index in [-0.39, 0.29) is 30.2 Å². The Morgan fingerprint density at radius 2 is 1.96 bits per heavy atom. The van der Waals surface area contributed by atoms with Gasteiger partial charge in [-0.15, -0.1) is 0 Å². The molecule has 0 unspecified atom stereocenters. The van der Waals surface area contributed by atoms with Gasteiger partial charge in [0.25, 0.3) is 11.8 Å². The fourth-order valence-corrected chi connectivity index (χ4v) is 3.57. The summed E-state index contributed by atoms with van der Waals surface area (Å²) in [7, 11) is 0. The Morgan fingerprint density at radius 3 is 2.64 bits per heavy atom. The monoisotopic (exact) mass is 417 g/mol. The molecule has 1 aromatic carbocycles. The number of thiocarbonyl (C=S) groups is 1. The van der Waals surface area contributed by atoms with Crippen molar-refractivity contribution in [3.05, 3.63) is 58.9 Å². The summed E-state index contributed by atoms with van der Waals surface area (Å²) in [6.45, 7) is 0.0844. The molecule has 0 bridgehead atoms. The zero-order chi connectivity index (χ0) is 20.1. The van der Waals surface area contributed by atoms with E-state index in [4.69, 9.17) is 16.6 Å². The number of thioether (sulfide) groups is 1. The van der Waals surface area contributed by atoms with Crippen molar-refractivity contribution in [1.82, 2.24) is 15.8 Å². The zero-order valence-electron chi connectivity index (χ0n) is 14.4. The van der Waals surface area contributed by atoms with Gasteiger partial charge in [0.1, 0.15) is 15.8 Å². The van der Waals surface area contributed by atoms with Crippen LogP contribution in [0.2, 0.25) is 0 Å². The predicted octanol–water partition coefficient (Wildman–Crippen LogP) is 2.04. The average molecular weight is 417 g/mol. The molecule has 0 atom stereocenters. The van der Waals surface area contributed by atoms with Crippen LogP contribution in [0.5, 0.6) is 5.75 Å². The highest BCUT2D eigenvalue weighted by molar-refractivity contribution is 8.26. The van der Waals surface area contributed by atoms with Gasteiger partial charge in [0, 0.05) is 24.6 Å². The van der Waals surface area contributed by atoms with Crippen molar-refractivity contribution in [2.24, 2.45) is 0 Å². The van der Waals surface area contributed by atoms with Crippen LogP contribution >= 0.6 is 24.0 Å². The summed E-state index contributed by atoms with van der Waals surface area (Å²) in [5.41, 5.74) is 4.82. The van der Waals surface area contributed by atoms with Gasteiger partial charge in [0.05, 0.1) is 11.2 Å². The van der Waals surface area contributed by atoms with Crippen molar-refractivity contribution >= 4 is 52.1 Å². The predicted molar refractivity (Wildman–Crippen MR) is 107 cm³/mol. The van der Waals surface area contributed by atoms with E-state index >= 15 is 0 Å². The Balaban J connectivity index is 1.49. The lowest BCUT2D eigenvalue weighted by atomic mass is 10.2. The number of hydrogen-bond acceptors (Lipinski definition) is 7. The maximum Gasteiger partial charge on any atom is 0.269 e. The molecular weight excluding hydrogens is 402 g/mol. The molecule has 0 aliphatic carbocycles. The number of phenolic OH excluding ortho intramolecular Hbond substituents is 1. The molecule has 1 saturated heterocycles. The van der Waals surface area contributed by atoms with Crippen LogP contribution in [0.3, 0.4) is 0 Å². The van der Waals surface area contributed by atoms with Gasteiger partial charge in [-0.3, -0.25) is 30.1 Å². The number of nitrogens with one attached hydrogen (secondary N) is 2. The molecule has 8 nitrogen and oxygen atoms in total. The third-order valence-electron chi connectivity index (χ3n) is 3.70. The van der Waals surface area contributed by atoms with E-state index in [1.165, 1.54) is 35.4 Å². The third kappa shape index (κ3) is 4.78. The fraction of sp³-hybridized carbons (Fsp3) is 0.111. The smallest absolute Gasteiger partial charge is 0.269 e. The number of benzene rings is 1. The first-order chi connectivity index (χ1) is 13.4. The molecule has 144 valence electrons. The Hall–Kier alpha value is -3.11. The van der Waals surface area contributed by atoms with E-state index in [1.807, 2.05) is 0 Å². The molecular formula is C18H15N3O5S2. The van der Waals surface area contributed by atoms with Crippen LogP contribution in [-0.4, -0.2) is 38.6 Å². The standard InChI is InChI=1S/C18H15N3O5S2/c22-12-5-3-11(4-6-12)16(24)20-19-15(23)7-8-21-17(25)14(28-18(21)27)10-13-2-1-9-26-13/h1-6,9-10,22H,7-8H2,(H,19,23)(H,20,24). The molecule has 10 heteroatoms. The number of hydrazine groups is 1. The molecule has 0 spiro atoms. The molecule has 3 N–H and O–H groups in total. The van der Waals surface area contributed by atoms with Crippen molar-refractivity contribution in [1.29, 1.82) is 0 Å². The van der Waals surface area contributed by atoms with Crippen molar-refractivity contribution in [2.45, 2.75) is 6.42 Å². The topological polar surface area (TPSA) is 112 Å². The number of aromatic hydroxyl groups is 1. The number of rotatable bonds is 5. The Kier molecular flexibility index (Phi) is 6.12. The number of carbonyl (C=O) groups is 3. The van der Waals surface area contributed by atoms with Crippen LogP contribution in [0, 0.1) is 0 Å². The fourth-order valence-electron chi connectivity index (χ4n) is 2.28. The van der Waals surface area contributed by atoms with Crippen LogP contribution in [0.25, 0.3) is 6.08 Å². The quantitative estimate of drug-likeness (QED) is 0.388. The van der Waals surface area contributed by atoms with Crippen LogP contribution in [0.15, 0.2) is 52.0 Å². The number of carbonyl (C=O) groups excluding carboxylic acids is 3. The first kappa shape index (κ1) is 19.6. The van der Waals surface area contributed by atoms with E-state index in [2.05, 4.69) is 10.9 Å². The summed E-state index contributed by atoms with van der Waals surface area (Å²) in [5, 5.41) is 9.21. The van der Waals surface area contributed by atoms with Gasteiger partial charge in [-0.25, -0.2) is 0 Å².